The maximum atomic E-state index is 13.8. The van der Waals surface area contributed by atoms with E-state index in [1.54, 1.807) is 6.20 Å². The summed E-state index contributed by atoms with van der Waals surface area (Å²) in [5, 5.41) is 10.6. The lowest BCUT2D eigenvalue weighted by Gasteiger charge is -2.19. The van der Waals surface area contributed by atoms with Crippen LogP contribution >= 0.6 is 0 Å². The number of hydrogen-bond donors (Lipinski definition) is 0. The summed E-state index contributed by atoms with van der Waals surface area (Å²) in [6, 6.07) is 2.08. The molecule has 2 aromatic rings. The van der Waals surface area contributed by atoms with Gasteiger partial charge in [-0.25, -0.2) is 9.37 Å². The van der Waals surface area contributed by atoms with Crippen molar-refractivity contribution in [2.45, 2.75) is 6.61 Å². The molecule has 3 rings (SSSR count). The highest BCUT2D eigenvalue weighted by atomic mass is 19.1. The summed E-state index contributed by atoms with van der Waals surface area (Å²) >= 11 is 0. The first-order valence-electron chi connectivity index (χ1n) is 4.80. The summed E-state index contributed by atoms with van der Waals surface area (Å²) in [5.74, 6) is 0.0144. The van der Waals surface area contributed by atoms with Crippen molar-refractivity contribution >= 4 is 5.69 Å². The molecule has 0 spiro atoms. The predicted octanol–water partition coefficient (Wildman–Crippen LogP) is 1.81. The summed E-state index contributed by atoms with van der Waals surface area (Å²) in [6.07, 6.45) is 3.11. The molecule has 17 heavy (non-hydrogen) atoms. The highest BCUT2D eigenvalue weighted by Gasteiger charge is 2.24. The minimum absolute atomic E-state index is 0.155. The number of nitrogens with zero attached hydrogens (tertiary/aromatic N) is 3. The third-order valence-electron chi connectivity index (χ3n) is 2.54. The average molecular weight is 235 g/mol. The zero-order valence-corrected chi connectivity index (χ0v) is 8.46. The lowest BCUT2D eigenvalue weighted by molar-refractivity contribution is -0.385. The molecule has 0 amide bonds. The molecule has 0 fully saturated rings. The number of ether oxygens (including phenoxy) is 1. The van der Waals surface area contributed by atoms with Crippen molar-refractivity contribution in [2.75, 3.05) is 0 Å². The molecular formula is C10H6FN3O3. The number of nitro benzene ring substituents is 1. The number of aromatic nitrogens is 2. The fraction of sp³-hybridized carbons (Fsp3) is 0.100. The Hall–Kier alpha value is -2.44. The van der Waals surface area contributed by atoms with E-state index in [0.717, 1.165) is 6.07 Å². The molecule has 0 saturated heterocycles. The molecule has 0 saturated carbocycles. The average Bonchev–Trinajstić information content (AvgIpc) is 2.76. The van der Waals surface area contributed by atoms with Crippen molar-refractivity contribution in [1.82, 2.24) is 9.55 Å². The van der Waals surface area contributed by atoms with Gasteiger partial charge in [-0.2, -0.15) is 0 Å². The van der Waals surface area contributed by atoms with Crippen LogP contribution in [0.25, 0.3) is 5.69 Å². The van der Waals surface area contributed by atoms with Crippen molar-refractivity contribution in [3.05, 3.63) is 46.3 Å². The van der Waals surface area contributed by atoms with Crippen molar-refractivity contribution in [3.8, 4) is 11.4 Å². The van der Waals surface area contributed by atoms with Gasteiger partial charge >= 0.3 is 0 Å². The maximum absolute atomic E-state index is 13.8. The topological polar surface area (TPSA) is 70.2 Å². The Morgan fingerprint density at radius 3 is 3.12 bits per heavy atom. The predicted molar refractivity (Wildman–Crippen MR) is 54.5 cm³/mol. The van der Waals surface area contributed by atoms with Gasteiger partial charge in [0.15, 0.2) is 17.4 Å². The minimum atomic E-state index is -0.701. The van der Waals surface area contributed by atoms with Crippen LogP contribution in [0.1, 0.15) is 5.82 Å². The first kappa shape index (κ1) is 9.76. The third-order valence-corrected chi connectivity index (χ3v) is 2.54. The summed E-state index contributed by atoms with van der Waals surface area (Å²) in [4.78, 5) is 13.9. The summed E-state index contributed by atoms with van der Waals surface area (Å²) in [7, 11) is 0. The van der Waals surface area contributed by atoms with Gasteiger partial charge in [-0.05, 0) is 0 Å². The zero-order chi connectivity index (χ0) is 12.0. The lowest BCUT2D eigenvalue weighted by atomic mass is 10.2. The fourth-order valence-corrected chi connectivity index (χ4v) is 1.80. The van der Waals surface area contributed by atoms with Gasteiger partial charge in [0.1, 0.15) is 12.3 Å². The van der Waals surface area contributed by atoms with E-state index in [0.29, 0.717) is 5.82 Å². The van der Waals surface area contributed by atoms with E-state index in [1.807, 2.05) is 0 Å². The van der Waals surface area contributed by atoms with Crippen LogP contribution in [0.4, 0.5) is 10.1 Å². The molecule has 1 aromatic carbocycles. The zero-order valence-electron chi connectivity index (χ0n) is 8.46. The molecule has 7 heteroatoms. The van der Waals surface area contributed by atoms with E-state index in [1.165, 1.54) is 16.8 Å². The Labute approximate surface area is 94.4 Å². The quantitative estimate of drug-likeness (QED) is 0.558. The molecule has 86 valence electrons. The van der Waals surface area contributed by atoms with Crippen LogP contribution in [0, 0.1) is 15.9 Å². The Morgan fingerprint density at radius 1 is 1.53 bits per heavy atom. The van der Waals surface area contributed by atoms with Gasteiger partial charge in [-0.3, -0.25) is 14.7 Å². The van der Waals surface area contributed by atoms with E-state index in [9.17, 15) is 14.5 Å². The van der Waals surface area contributed by atoms with Crippen LogP contribution in [0.5, 0.6) is 5.75 Å². The van der Waals surface area contributed by atoms with E-state index < -0.39 is 10.7 Å². The van der Waals surface area contributed by atoms with Gasteiger partial charge in [0.2, 0.25) is 0 Å². The van der Waals surface area contributed by atoms with E-state index in [-0.39, 0.29) is 23.7 Å². The maximum Gasteiger partial charge on any atom is 0.276 e. The van der Waals surface area contributed by atoms with Crippen LogP contribution in [0.2, 0.25) is 0 Å². The third kappa shape index (κ3) is 1.36. The van der Waals surface area contributed by atoms with E-state index in [2.05, 4.69) is 4.98 Å². The lowest BCUT2D eigenvalue weighted by Crippen LogP contribution is -2.14. The van der Waals surface area contributed by atoms with Gasteiger partial charge in [0, 0.05) is 12.4 Å². The van der Waals surface area contributed by atoms with Gasteiger partial charge in [0.05, 0.1) is 17.1 Å². The molecule has 0 unspecified atom stereocenters. The number of fused-ring (bicyclic) bond motifs is 3. The molecule has 1 aliphatic heterocycles. The Bertz CT molecular complexity index is 623. The molecule has 0 radical (unpaired) electrons. The largest absolute Gasteiger partial charge is 0.483 e. The van der Waals surface area contributed by atoms with Crippen molar-refractivity contribution < 1.29 is 14.1 Å². The number of halogens is 1. The number of non-ortho nitro benzene ring substituents is 1. The van der Waals surface area contributed by atoms with Crippen molar-refractivity contribution in [3.63, 3.8) is 0 Å². The van der Waals surface area contributed by atoms with Gasteiger partial charge in [-0.1, -0.05) is 0 Å². The van der Waals surface area contributed by atoms with Crippen LogP contribution in [-0.4, -0.2) is 14.5 Å². The Morgan fingerprint density at radius 2 is 2.35 bits per heavy atom. The molecule has 2 heterocycles. The minimum Gasteiger partial charge on any atom is -0.483 e. The van der Waals surface area contributed by atoms with Gasteiger partial charge in [0.25, 0.3) is 5.69 Å². The normalized spacial score (nSPS) is 12.5. The van der Waals surface area contributed by atoms with E-state index >= 15 is 0 Å². The fourth-order valence-electron chi connectivity index (χ4n) is 1.80. The molecule has 0 N–H and O–H groups in total. The first-order valence-corrected chi connectivity index (χ1v) is 4.80. The number of rotatable bonds is 1. The second-order valence-electron chi connectivity index (χ2n) is 3.53. The summed E-state index contributed by atoms with van der Waals surface area (Å²) in [5.41, 5.74) is -0.167. The van der Waals surface area contributed by atoms with Gasteiger partial charge in [-0.15, -0.1) is 0 Å². The second kappa shape index (κ2) is 3.27. The van der Waals surface area contributed by atoms with E-state index in [4.69, 9.17) is 4.74 Å². The number of nitro groups is 1. The molecule has 0 aliphatic carbocycles. The smallest absolute Gasteiger partial charge is 0.276 e. The monoisotopic (exact) mass is 235 g/mol. The van der Waals surface area contributed by atoms with Gasteiger partial charge < -0.3 is 4.74 Å². The standard InChI is InChI=1S/C10H6FN3O3/c11-7-3-6(14(15)16)4-8-10(7)13-2-1-12-9(13)5-17-8/h1-4H,5H2. The molecule has 0 atom stereocenters. The Balaban J connectivity index is 2.26. The molecule has 6 nitrogen and oxygen atoms in total. The highest BCUT2D eigenvalue weighted by molar-refractivity contribution is 5.56. The van der Waals surface area contributed by atoms with Crippen molar-refractivity contribution in [2.24, 2.45) is 0 Å². The van der Waals surface area contributed by atoms with Crippen LogP contribution < -0.4 is 4.74 Å². The van der Waals surface area contributed by atoms with Crippen LogP contribution in [0.15, 0.2) is 24.5 Å². The molecule has 0 bridgehead atoms. The van der Waals surface area contributed by atoms with Crippen molar-refractivity contribution in [1.29, 1.82) is 0 Å². The number of imidazole rings is 1. The Kier molecular flexibility index (Phi) is 1.88. The molecular weight excluding hydrogens is 229 g/mol. The first-order chi connectivity index (χ1) is 8.16. The van der Waals surface area contributed by atoms with Crippen LogP contribution in [0.3, 0.4) is 0 Å². The SMILES string of the molecule is O=[N+]([O-])c1cc(F)c2c(c1)OCc1nccn1-2. The molecule has 1 aromatic heterocycles. The molecule has 1 aliphatic rings. The summed E-state index contributed by atoms with van der Waals surface area (Å²) < 4.78 is 20.6. The number of benzene rings is 1. The van der Waals surface area contributed by atoms with Crippen LogP contribution in [-0.2, 0) is 6.61 Å². The highest BCUT2D eigenvalue weighted by Crippen LogP contribution is 2.34. The number of hydrogen-bond acceptors (Lipinski definition) is 4. The summed E-state index contributed by atoms with van der Waals surface area (Å²) in [6.45, 7) is 0.167. The second-order valence-corrected chi connectivity index (χ2v) is 3.53.